The molecule has 2 aromatic carbocycles. The molecule has 32 heavy (non-hydrogen) atoms. The lowest BCUT2D eigenvalue weighted by molar-refractivity contribution is -0.131. The fourth-order valence-corrected chi connectivity index (χ4v) is 5.62. The number of para-hydroxylation sites is 1. The van der Waals surface area contributed by atoms with Gasteiger partial charge in [-0.2, -0.15) is 11.3 Å². The van der Waals surface area contributed by atoms with Crippen molar-refractivity contribution < 1.29 is 4.79 Å². The summed E-state index contributed by atoms with van der Waals surface area (Å²) in [4.78, 5) is 17.7. The van der Waals surface area contributed by atoms with Gasteiger partial charge >= 0.3 is 0 Å². The number of carbonyl (C=O) groups excluding carboxylic acids is 1. The minimum absolute atomic E-state index is 0.0609. The van der Waals surface area contributed by atoms with Crippen molar-refractivity contribution in [2.24, 2.45) is 7.05 Å². The minimum Gasteiger partial charge on any atom is -0.368 e. The Balaban J connectivity index is 1.34. The number of thiophene rings is 1. The average molecular weight is 464 g/mol. The van der Waals surface area contributed by atoms with Crippen LogP contribution in [-0.4, -0.2) is 41.6 Å². The molecule has 1 unspecified atom stereocenters. The zero-order valence-corrected chi connectivity index (χ0v) is 19.6. The van der Waals surface area contributed by atoms with E-state index in [-0.39, 0.29) is 11.8 Å². The molecule has 1 amide bonds. The molecule has 2 aromatic heterocycles. The van der Waals surface area contributed by atoms with Crippen molar-refractivity contribution >= 4 is 45.4 Å². The third-order valence-corrected chi connectivity index (χ3v) is 7.37. The summed E-state index contributed by atoms with van der Waals surface area (Å²) in [6.45, 7) is 3.11. The van der Waals surface area contributed by atoms with Gasteiger partial charge in [-0.3, -0.25) is 4.79 Å². The van der Waals surface area contributed by atoms with E-state index in [1.165, 1.54) is 22.0 Å². The largest absolute Gasteiger partial charge is 0.368 e. The highest BCUT2D eigenvalue weighted by molar-refractivity contribution is 7.08. The number of halogens is 1. The summed E-state index contributed by atoms with van der Waals surface area (Å²) in [6, 6.07) is 18.5. The second-order valence-corrected chi connectivity index (χ2v) is 9.59. The van der Waals surface area contributed by atoms with Crippen molar-refractivity contribution in [3.63, 3.8) is 0 Å². The molecular formula is C26H26ClN3OS. The van der Waals surface area contributed by atoms with Gasteiger partial charge in [0.1, 0.15) is 0 Å². The predicted molar refractivity (Wildman–Crippen MR) is 134 cm³/mol. The van der Waals surface area contributed by atoms with Gasteiger partial charge in [-0.25, -0.2) is 0 Å². The summed E-state index contributed by atoms with van der Waals surface area (Å²) in [6.07, 6.45) is 2.68. The van der Waals surface area contributed by atoms with Crippen molar-refractivity contribution in [3.8, 4) is 0 Å². The Morgan fingerprint density at radius 3 is 2.62 bits per heavy atom. The molecule has 1 atom stereocenters. The average Bonchev–Trinajstić information content (AvgIpc) is 3.46. The first-order valence-corrected chi connectivity index (χ1v) is 12.3. The Labute approximate surface area is 197 Å². The number of hydrogen-bond acceptors (Lipinski definition) is 3. The molecule has 4 nitrogen and oxygen atoms in total. The summed E-state index contributed by atoms with van der Waals surface area (Å²) in [5.41, 5.74) is 4.77. The molecule has 1 saturated heterocycles. The number of aryl methyl sites for hydroxylation is 1. The topological polar surface area (TPSA) is 28.5 Å². The van der Waals surface area contributed by atoms with Crippen LogP contribution < -0.4 is 4.90 Å². The van der Waals surface area contributed by atoms with E-state index in [4.69, 9.17) is 11.6 Å². The van der Waals surface area contributed by atoms with E-state index in [0.717, 1.165) is 36.9 Å². The molecular weight excluding hydrogens is 438 g/mol. The van der Waals surface area contributed by atoms with Crippen molar-refractivity contribution in [1.82, 2.24) is 9.47 Å². The fraction of sp³-hybridized carbons (Fsp3) is 0.269. The molecule has 164 valence electrons. The van der Waals surface area contributed by atoms with E-state index < -0.39 is 0 Å². The molecule has 4 aromatic rings. The number of amides is 1. The fourth-order valence-electron chi connectivity index (χ4n) is 4.72. The Bertz CT molecular complexity index is 1230. The Kier molecular flexibility index (Phi) is 5.94. The lowest BCUT2D eigenvalue weighted by Gasteiger charge is -2.36. The molecule has 1 aliphatic rings. The number of benzene rings is 2. The Morgan fingerprint density at radius 1 is 1.06 bits per heavy atom. The standard InChI is InChI=1S/C26H26ClN3OS/c1-28-17-24(22-7-2-3-8-25(22)28)23(19-9-14-32-18-19)16-26(31)30-12-10-29(11-13-30)21-6-4-5-20(27)15-21/h2-9,14-15,17-18,23H,10-13,16H2,1H3. The van der Waals surface area contributed by atoms with Crippen LogP contribution in [0.15, 0.2) is 71.6 Å². The normalized spacial score (nSPS) is 15.3. The van der Waals surface area contributed by atoms with Crippen molar-refractivity contribution in [3.05, 3.63) is 87.7 Å². The number of rotatable bonds is 5. The third kappa shape index (κ3) is 4.15. The van der Waals surface area contributed by atoms with Gasteiger partial charge in [-0.05, 0) is 52.2 Å². The number of piperazine rings is 1. The highest BCUT2D eigenvalue weighted by Crippen LogP contribution is 2.36. The van der Waals surface area contributed by atoms with Crippen LogP contribution in [0.1, 0.15) is 23.5 Å². The van der Waals surface area contributed by atoms with E-state index in [1.807, 2.05) is 23.1 Å². The summed E-state index contributed by atoms with van der Waals surface area (Å²) < 4.78 is 2.16. The molecule has 0 aliphatic carbocycles. The summed E-state index contributed by atoms with van der Waals surface area (Å²) in [5, 5.41) is 6.25. The number of hydrogen-bond donors (Lipinski definition) is 0. The molecule has 0 radical (unpaired) electrons. The van der Waals surface area contributed by atoms with Crippen molar-refractivity contribution in [1.29, 1.82) is 0 Å². The highest BCUT2D eigenvalue weighted by atomic mass is 35.5. The van der Waals surface area contributed by atoms with Crippen LogP contribution in [0.5, 0.6) is 0 Å². The van der Waals surface area contributed by atoms with E-state index in [0.29, 0.717) is 6.42 Å². The molecule has 0 bridgehead atoms. The van der Waals surface area contributed by atoms with Gasteiger partial charge in [0.25, 0.3) is 0 Å². The van der Waals surface area contributed by atoms with E-state index in [9.17, 15) is 4.79 Å². The molecule has 6 heteroatoms. The number of nitrogens with zero attached hydrogens (tertiary/aromatic N) is 3. The lowest BCUT2D eigenvalue weighted by Crippen LogP contribution is -2.49. The maximum absolute atomic E-state index is 13.4. The first-order valence-electron chi connectivity index (χ1n) is 10.9. The smallest absolute Gasteiger partial charge is 0.223 e. The van der Waals surface area contributed by atoms with Crippen molar-refractivity contribution in [2.75, 3.05) is 31.1 Å². The van der Waals surface area contributed by atoms with Crippen LogP contribution >= 0.6 is 22.9 Å². The second kappa shape index (κ2) is 9.00. The van der Waals surface area contributed by atoms with Gasteiger partial charge in [0.05, 0.1) is 0 Å². The molecule has 0 saturated carbocycles. The van der Waals surface area contributed by atoms with Gasteiger partial charge < -0.3 is 14.4 Å². The third-order valence-electron chi connectivity index (χ3n) is 6.43. The van der Waals surface area contributed by atoms with Crippen LogP contribution in [-0.2, 0) is 11.8 Å². The Morgan fingerprint density at radius 2 is 1.88 bits per heavy atom. The molecule has 5 rings (SSSR count). The first-order chi connectivity index (χ1) is 15.6. The molecule has 0 N–H and O–H groups in total. The number of aromatic nitrogens is 1. The summed E-state index contributed by atoms with van der Waals surface area (Å²) in [5.74, 6) is 0.283. The molecule has 1 fully saturated rings. The maximum atomic E-state index is 13.4. The van der Waals surface area contributed by atoms with E-state index in [2.05, 4.69) is 69.9 Å². The molecule has 1 aliphatic heterocycles. The van der Waals surface area contributed by atoms with Crippen LogP contribution in [0, 0.1) is 0 Å². The summed E-state index contributed by atoms with van der Waals surface area (Å²) in [7, 11) is 2.08. The predicted octanol–water partition coefficient (Wildman–Crippen LogP) is 5.76. The van der Waals surface area contributed by atoms with Crippen LogP contribution in [0.25, 0.3) is 10.9 Å². The molecule has 0 spiro atoms. The molecule has 3 heterocycles. The zero-order chi connectivity index (χ0) is 22.1. The van der Waals surface area contributed by atoms with Gasteiger partial charge in [0.2, 0.25) is 5.91 Å². The number of fused-ring (bicyclic) bond motifs is 1. The highest BCUT2D eigenvalue weighted by Gasteiger charge is 2.27. The van der Waals surface area contributed by atoms with Crippen LogP contribution in [0.2, 0.25) is 5.02 Å². The lowest BCUT2D eigenvalue weighted by atomic mass is 9.89. The van der Waals surface area contributed by atoms with Crippen molar-refractivity contribution in [2.45, 2.75) is 12.3 Å². The quantitative estimate of drug-likeness (QED) is 0.376. The van der Waals surface area contributed by atoms with Gasteiger partial charge in [-0.1, -0.05) is 35.9 Å². The van der Waals surface area contributed by atoms with Crippen LogP contribution in [0.4, 0.5) is 5.69 Å². The van der Waals surface area contributed by atoms with Gasteiger partial charge in [-0.15, -0.1) is 0 Å². The Hall–Kier alpha value is -2.76. The second-order valence-electron chi connectivity index (χ2n) is 8.37. The summed E-state index contributed by atoms with van der Waals surface area (Å²) >= 11 is 7.85. The number of carbonyl (C=O) groups is 1. The maximum Gasteiger partial charge on any atom is 0.223 e. The number of anilines is 1. The SMILES string of the molecule is Cn1cc(C(CC(=O)N2CCN(c3cccc(Cl)c3)CC2)c2ccsc2)c2ccccc21. The monoisotopic (exact) mass is 463 g/mol. The van der Waals surface area contributed by atoms with Crippen LogP contribution in [0.3, 0.4) is 0 Å². The van der Waals surface area contributed by atoms with E-state index >= 15 is 0 Å². The van der Waals surface area contributed by atoms with E-state index in [1.54, 1.807) is 11.3 Å². The first kappa shape index (κ1) is 21.1. The van der Waals surface area contributed by atoms with Gasteiger partial charge in [0, 0.05) is 73.4 Å². The van der Waals surface area contributed by atoms with Gasteiger partial charge in [0.15, 0.2) is 0 Å². The minimum atomic E-state index is 0.0609. The zero-order valence-electron chi connectivity index (χ0n) is 18.1.